The molecule has 1 aromatic carbocycles. The summed E-state index contributed by atoms with van der Waals surface area (Å²) in [7, 11) is 0. The van der Waals surface area contributed by atoms with Crippen molar-refractivity contribution in [2.24, 2.45) is 0 Å². The number of nitrogens with zero attached hydrogens (tertiary/aromatic N) is 1. The molecular weight excluding hydrogens is 262 g/mol. The van der Waals surface area contributed by atoms with E-state index in [4.69, 9.17) is 0 Å². The number of piperidine rings is 1. The summed E-state index contributed by atoms with van der Waals surface area (Å²) in [6, 6.07) is 11.4. The molecule has 0 radical (unpaired) electrons. The average Bonchev–Trinajstić information content (AvgIpc) is 2.21. The van der Waals surface area contributed by atoms with E-state index in [1.165, 1.54) is 37.9 Å². The van der Waals surface area contributed by atoms with Crippen LogP contribution in [0.25, 0.3) is 0 Å². The second kappa shape index (κ2) is 8.56. The molecule has 0 saturated carbocycles. The molecule has 1 aliphatic rings. The first-order chi connectivity index (χ1) is 6.45. The molecule has 0 spiro atoms. The summed E-state index contributed by atoms with van der Waals surface area (Å²) in [5, 5.41) is 0. The third-order valence-electron chi connectivity index (χ3n) is 2.64. The van der Waals surface area contributed by atoms with Gasteiger partial charge in [0.25, 0.3) is 0 Å². The van der Waals surface area contributed by atoms with Gasteiger partial charge in [-0.25, -0.2) is 0 Å². The molecule has 1 saturated heterocycles. The standard InChI is InChI=1S/C12H16N.BrH.Mg/c1-3-7-12(8-4-1)11-13-9-5-2-6-10-13;;/h3-4,7-8H,2,5-6,9-11H2;1H;/q-1;;+2/p-1. The first-order valence-electron chi connectivity index (χ1n) is 5.12. The van der Waals surface area contributed by atoms with Crippen LogP contribution >= 0.6 is 0 Å². The van der Waals surface area contributed by atoms with Gasteiger partial charge in [-0.1, -0.05) is 6.42 Å². The van der Waals surface area contributed by atoms with Crippen molar-refractivity contribution in [2.75, 3.05) is 13.1 Å². The summed E-state index contributed by atoms with van der Waals surface area (Å²) >= 11 is 0. The Morgan fingerprint density at radius 3 is 2.27 bits per heavy atom. The van der Waals surface area contributed by atoms with Gasteiger partial charge in [0.2, 0.25) is 0 Å². The second-order valence-corrected chi connectivity index (χ2v) is 3.75. The molecule has 78 valence electrons. The molecule has 0 atom stereocenters. The molecule has 1 aliphatic heterocycles. The molecule has 1 fully saturated rings. The van der Waals surface area contributed by atoms with E-state index in [-0.39, 0.29) is 40.0 Å². The van der Waals surface area contributed by atoms with Crippen molar-refractivity contribution < 1.29 is 17.0 Å². The number of hydrogen-bond acceptors (Lipinski definition) is 1. The van der Waals surface area contributed by atoms with Crippen LogP contribution in [0.2, 0.25) is 0 Å². The van der Waals surface area contributed by atoms with Crippen molar-refractivity contribution in [3.63, 3.8) is 0 Å². The Balaban J connectivity index is 0.000000980. The molecule has 1 heterocycles. The smallest absolute Gasteiger partial charge is 1.00 e. The minimum absolute atomic E-state index is 0. The van der Waals surface area contributed by atoms with Gasteiger partial charge in [0.15, 0.2) is 0 Å². The maximum absolute atomic E-state index is 3.05. The number of hydrogen-bond donors (Lipinski definition) is 0. The van der Waals surface area contributed by atoms with E-state index in [9.17, 15) is 0 Å². The number of halogens is 1. The molecule has 3 heteroatoms. The normalized spacial score (nSPS) is 16.3. The molecule has 0 aliphatic carbocycles. The van der Waals surface area contributed by atoms with E-state index >= 15 is 0 Å². The summed E-state index contributed by atoms with van der Waals surface area (Å²) in [4.78, 5) is 2.54. The van der Waals surface area contributed by atoms with E-state index in [0.29, 0.717) is 0 Å². The monoisotopic (exact) mass is 277 g/mol. The summed E-state index contributed by atoms with van der Waals surface area (Å²) in [6.45, 7) is 3.67. The molecule has 0 amide bonds. The van der Waals surface area contributed by atoms with Crippen molar-refractivity contribution in [3.05, 3.63) is 35.9 Å². The van der Waals surface area contributed by atoms with Crippen molar-refractivity contribution in [1.82, 2.24) is 4.90 Å². The van der Waals surface area contributed by atoms with Crippen LogP contribution in [-0.2, 0) is 6.54 Å². The Labute approximate surface area is 119 Å². The van der Waals surface area contributed by atoms with Gasteiger partial charge in [-0.2, -0.15) is 30.3 Å². The largest absolute Gasteiger partial charge is 2.00 e. The van der Waals surface area contributed by atoms with Gasteiger partial charge in [-0.3, -0.25) is 0 Å². The van der Waals surface area contributed by atoms with Gasteiger partial charge >= 0.3 is 23.1 Å². The van der Waals surface area contributed by atoms with Crippen LogP contribution in [0.4, 0.5) is 0 Å². The average molecular weight is 278 g/mol. The molecule has 15 heavy (non-hydrogen) atoms. The Bertz CT molecular complexity index is 247. The Kier molecular flexibility index (Phi) is 8.81. The minimum atomic E-state index is 0. The van der Waals surface area contributed by atoms with Crippen LogP contribution in [0.1, 0.15) is 24.8 Å². The van der Waals surface area contributed by atoms with Crippen LogP contribution in [-0.4, -0.2) is 41.0 Å². The summed E-state index contributed by atoms with van der Waals surface area (Å²) in [6.07, 6.45) is 4.16. The summed E-state index contributed by atoms with van der Waals surface area (Å²) in [5.41, 5.74) is 1.42. The fourth-order valence-corrected chi connectivity index (χ4v) is 1.90. The third kappa shape index (κ3) is 5.34. The first-order valence-corrected chi connectivity index (χ1v) is 5.12. The molecule has 0 unspecified atom stereocenters. The first kappa shape index (κ1) is 15.4. The van der Waals surface area contributed by atoms with E-state index in [0.717, 1.165) is 6.54 Å². The van der Waals surface area contributed by atoms with Crippen molar-refractivity contribution in [2.45, 2.75) is 25.8 Å². The second-order valence-electron chi connectivity index (χ2n) is 3.75. The van der Waals surface area contributed by atoms with Crippen LogP contribution in [0.15, 0.2) is 24.3 Å². The predicted octanol–water partition coefficient (Wildman–Crippen LogP) is -0.904. The molecular formula is C12H16BrMgN. The van der Waals surface area contributed by atoms with Gasteiger partial charge in [0.05, 0.1) is 0 Å². The maximum atomic E-state index is 3.05. The van der Waals surface area contributed by atoms with E-state index < -0.39 is 0 Å². The van der Waals surface area contributed by atoms with Gasteiger partial charge in [-0.15, -0.1) is 5.56 Å². The number of rotatable bonds is 2. The van der Waals surface area contributed by atoms with Crippen LogP contribution < -0.4 is 17.0 Å². The fraction of sp³-hybridized carbons (Fsp3) is 0.500. The maximum Gasteiger partial charge on any atom is 2.00 e. The summed E-state index contributed by atoms with van der Waals surface area (Å²) < 4.78 is 0. The number of benzene rings is 1. The molecule has 1 nitrogen and oxygen atoms in total. The van der Waals surface area contributed by atoms with Gasteiger partial charge in [0.1, 0.15) is 0 Å². The van der Waals surface area contributed by atoms with E-state index in [1.54, 1.807) is 0 Å². The molecule has 0 aromatic heterocycles. The quantitative estimate of drug-likeness (QED) is 0.500. The Morgan fingerprint density at radius 1 is 1.07 bits per heavy atom. The topological polar surface area (TPSA) is 3.24 Å². The zero-order valence-electron chi connectivity index (χ0n) is 9.08. The fourth-order valence-electron chi connectivity index (χ4n) is 1.90. The van der Waals surface area contributed by atoms with Crippen molar-refractivity contribution in [3.8, 4) is 0 Å². The Morgan fingerprint density at radius 2 is 1.67 bits per heavy atom. The van der Waals surface area contributed by atoms with Crippen LogP contribution in [0.5, 0.6) is 0 Å². The van der Waals surface area contributed by atoms with Crippen molar-refractivity contribution >= 4 is 23.1 Å². The van der Waals surface area contributed by atoms with Gasteiger partial charge in [-0.05, 0) is 25.9 Å². The van der Waals surface area contributed by atoms with E-state index in [1.807, 2.05) is 12.1 Å². The molecule has 0 bridgehead atoms. The molecule has 1 aromatic rings. The molecule has 0 N–H and O–H groups in total. The summed E-state index contributed by atoms with van der Waals surface area (Å²) in [5.74, 6) is 0. The van der Waals surface area contributed by atoms with E-state index in [2.05, 4.69) is 23.1 Å². The minimum Gasteiger partial charge on any atom is -1.00 e. The van der Waals surface area contributed by atoms with Gasteiger partial charge < -0.3 is 21.9 Å². The van der Waals surface area contributed by atoms with Crippen LogP contribution in [0.3, 0.4) is 0 Å². The predicted molar refractivity (Wildman–Crippen MR) is 60.2 cm³/mol. The Hall–Kier alpha value is 0.426. The molecule has 2 rings (SSSR count). The SMILES string of the molecule is [Br-].[Mg+2].[c-]1ccc(CN2CCCCC2)cc1. The number of likely N-dealkylation sites (tertiary alicyclic amines) is 1. The zero-order valence-corrected chi connectivity index (χ0v) is 12.1. The van der Waals surface area contributed by atoms with Crippen molar-refractivity contribution in [1.29, 1.82) is 0 Å². The zero-order chi connectivity index (χ0) is 8.93. The van der Waals surface area contributed by atoms with Crippen LogP contribution in [0, 0.1) is 6.07 Å². The van der Waals surface area contributed by atoms with Gasteiger partial charge in [0, 0.05) is 6.54 Å². The third-order valence-corrected chi connectivity index (χ3v) is 2.64.